The molecular weight excluding hydrogens is 261 g/mol. The fourth-order valence-corrected chi connectivity index (χ4v) is 1.48. The number of fused-ring (bicyclic) bond motifs is 1. The summed E-state index contributed by atoms with van der Waals surface area (Å²) in [6.07, 6.45) is 0.924. The number of likely N-dealkylation sites (N-methyl/N-ethyl adjacent to an activating group) is 1. The Balaban J connectivity index is 0.000000980. The van der Waals surface area contributed by atoms with Crippen LogP contribution in [-0.4, -0.2) is 17.3 Å². The predicted octanol–water partition coefficient (Wildman–Crippen LogP) is 2.83. The third-order valence-corrected chi connectivity index (χ3v) is 2.34. The Morgan fingerprint density at radius 2 is 2.07 bits per heavy atom. The van der Waals surface area contributed by atoms with E-state index in [0.717, 1.165) is 24.5 Å². The van der Waals surface area contributed by atoms with Crippen LogP contribution in [0.5, 0.6) is 0 Å². The molecule has 1 aliphatic heterocycles. The molecule has 1 aliphatic rings. The summed E-state index contributed by atoms with van der Waals surface area (Å²) in [5.41, 5.74) is 2.40. The molecule has 2 nitrogen and oxygen atoms in total. The van der Waals surface area contributed by atoms with Gasteiger partial charge in [-0.1, -0.05) is 25.1 Å². The molecule has 0 saturated carbocycles. The van der Waals surface area contributed by atoms with Gasteiger partial charge in [0.05, 0.1) is 11.5 Å². The van der Waals surface area contributed by atoms with E-state index >= 15 is 0 Å². The first-order valence-electron chi connectivity index (χ1n) is 4.54. The van der Waals surface area contributed by atoms with Crippen molar-refractivity contribution in [1.82, 2.24) is 4.90 Å². The van der Waals surface area contributed by atoms with Crippen LogP contribution in [0.3, 0.4) is 0 Å². The van der Waals surface area contributed by atoms with Crippen molar-refractivity contribution in [1.29, 1.82) is 0 Å². The summed E-state index contributed by atoms with van der Waals surface area (Å²) in [5, 5.41) is 0. The van der Waals surface area contributed by atoms with Crippen LogP contribution in [0.1, 0.15) is 12.5 Å². The molecule has 15 heavy (non-hydrogen) atoms. The van der Waals surface area contributed by atoms with Gasteiger partial charge >= 0.3 is 0 Å². The predicted molar refractivity (Wildman–Crippen MR) is 61.4 cm³/mol. The number of hydrogen-bond acceptors (Lipinski definition) is 2. The van der Waals surface area contributed by atoms with Gasteiger partial charge in [-0.25, -0.2) is 4.99 Å². The third-order valence-electron chi connectivity index (χ3n) is 2.34. The van der Waals surface area contributed by atoms with Crippen molar-refractivity contribution < 1.29 is 32.7 Å². The van der Waals surface area contributed by atoms with E-state index in [4.69, 9.17) is 0 Å². The van der Waals surface area contributed by atoms with Gasteiger partial charge in [0.25, 0.3) is 0 Å². The van der Waals surface area contributed by atoms with Gasteiger partial charge in [0, 0.05) is 39.1 Å². The third kappa shape index (κ3) is 3.12. The molecule has 79 valence electrons. The Hall–Kier alpha value is -0.206. The molecule has 1 radical (unpaired) electrons. The van der Waals surface area contributed by atoms with Crippen LogP contribution in [0.4, 0.5) is 5.69 Å². The molecule has 0 N–H and O–H groups in total. The van der Waals surface area contributed by atoms with Crippen molar-refractivity contribution >= 4 is 11.5 Å². The second-order valence-electron chi connectivity index (χ2n) is 3.19. The number of benzene rings is 1. The van der Waals surface area contributed by atoms with Crippen molar-refractivity contribution in [2.24, 2.45) is 4.99 Å². The van der Waals surface area contributed by atoms with Gasteiger partial charge in [0.1, 0.15) is 0 Å². The van der Waals surface area contributed by atoms with E-state index in [9.17, 15) is 0 Å². The average molecular weight is 277 g/mol. The van der Waals surface area contributed by atoms with E-state index in [1.165, 1.54) is 5.56 Å². The summed E-state index contributed by atoms with van der Waals surface area (Å²) in [6.45, 7) is 2.99. The molecule has 0 unspecified atom stereocenters. The SMILES string of the molecule is [CH2-]N(CC)C1=Nc2ccccc2C1.[CH3-].[Y]. The number of amidine groups is 1. The van der Waals surface area contributed by atoms with Crippen LogP contribution in [0, 0.1) is 14.5 Å². The first-order valence-corrected chi connectivity index (χ1v) is 4.54. The van der Waals surface area contributed by atoms with E-state index in [2.05, 4.69) is 31.1 Å². The Morgan fingerprint density at radius 1 is 1.40 bits per heavy atom. The second kappa shape index (κ2) is 6.39. The average Bonchev–Trinajstić information content (AvgIpc) is 2.59. The monoisotopic (exact) mass is 277 g/mol. The summed E-state index contributed by atoms with van der Waals surface area (Å²) < 4.78 is 0. The van der Waals surface area contributed by atoms with Gasteiger partial charge in [-0.2, -0.15) is 0 Å². The Kier molecular flexibility index (Phi) is 6.30. The molecule has 0 amide bonds. The van der Waals surface area contributed by atoms with Gasteiger partial charge in [0.2, 0.25) is 0 Å². The first kappa shape index (κ1) is 14.8. The van der Waals surface area contributed by atoms with Gasteiger partial charge in [-0.05, 0) is 18.2 Å². The minimum Gasteiger partial charge on any atom is -0.513 e. The molecule has 0 atom stereocenters. The largest absolute Gasteiger partial charge is 0.513 e. The van der Waals surface area contributed by atoms with Crippen molar-refractivity contribution in [3.63, 3.8) is 0 Å². The van der Waals surface area contributed by atoms with Gasteiger partial charge < -0.3 is 12.3 Å². The number of aliphatic imine (C=N–C) groups is 1. The summed E-state index contributed by atoms with van der Waals surface area (Å²) in [6, 6.07) is 8.24. The smallest absolute Gasteiger partial charge is 0.0798 e. The van der Waals surface area contributed by atoms with E-state index in [1.807, 2.05) is 17.0 Å². The normalized spacial score (nSPS) is 12.0. The Labute approximate surface area is 118 Å². The Bertz CT molecular complexity index is 347. The second-order valence-corrected chi connectivity index (χ2v) is 3.19. The minimum absolute atomic E-state index is 0. The van der Waals surface area contributed by atoms with Crippen LogP contribution < -0.4 is 0 Å². The summed E-state index contributed by atoms with van der Waals surface area (Å²) in [4.78, 5) is 6.45. The molecule has 1 aromatic carbocycles. The molecule has 2 rings (SSSR count). The van der Waals surface area contributed by atoms with Crippen molar-refractivity contribution in [3.8, 4) is 0 Å². The molecule has 0 bridgehead atoms. The van der Waals surface area contributed by atoms with Crippen LogP contribution in [0.25, 0.3) is 0 Å². The fourth-order valence-electron chi connectivity index (χ4n) is 1.48. The molecular formula is C12H16N2Y-2. The van der Waals surface area contributed by atoms with E-state index < -0.39 is 0 Å². The van der Waals surface area contributed by atoms with Gasteiger partial charge in [0.15, 0.2) is 0 Å². The van der Waals surface area contributed by atoms with E-state index in [0.29, 0.717) is 0 Å². The quantitative estimate of drug-likeness (QED) is 0.721. The summed E-state index contributed by atoms with van der Waals surface area (Å²) in [7, 11) is 3.92. The number of hydrogen-bond donors (Lipinski definition) is 0. The maximum atomic E-state index is 4.50. The molecule has 0 aromatic heterocycles. The molecule has 0 saturated heterocycles. The molecule has 0 aliphatic carbocycles. The zero-order valence-corrected chi connectivity index (χ0v) is 12.2. The van der Waals surface area contributed by atoms with Crippen molar-refractivity contribution in [2.45, 2.75) is 13.3 Å². The van der Waals surface area contributed by atoms with Crippen molar-refractivity contribution in [3.05, 3.63) is 44.3 Å². The number of nitrogens with zero attached hydrogens (tertiary/aromatic N) is 2. The molecule has 1 aromatic rings. The zero-order valence-electron chi connectivity index (χ0n) is 9.40. The topological polar surface area (TPSA) is 15.6 Å². The molecule has 0 fully saturated rings. The first-order chi connectivity index (χ1) is 6.31. The maximum Gasteiger partial charge on any atom is 0.0798 e. The fraction of sp³-hybridized carbons (Fsp3) is 0.250. The maximum absolute atomic E-state index is 4.50. The van der Waals surface area contributed by atoms with E-state index in [-0.39, 0.29) is 40.1 Å². The van der Waals surface area contributed by atoms with Crippen LogP contribution in [0.15, 0.2) is 29.3 Å². The van der Waals surface area contributed by atoms with Gasteiger partial charge in [-0.15, -0.1) is 0 Å². The minimum atomic E-state index is 0. The summed E-state index contributed by atoms with van der Waals surface area (Å²) in [5.74, 6) is 1.07. The van der Waals surface area contributed by atoms with Crippen LogP contribution >= 0.6 is 0 Å². The van der Waals surface area contributed by atoms with Crippen LogP contribution in [0.2, 0.25) is 0 Å². The molecule has 0 spiro atoms. The summed E-state index contributed by atoms with van der Waals surface area (Å²) >= 11 is 0. The van der Waals surface area contributed by atoms with Gasteiger partial charge in [-0.3, -0.25) is 7.05 Å². The zero-order chi connectivity index (χ0) is 9.26. The standard InChI is InChI=1S/C11H13N2.CH3.Y/c1-3-13(2)11-8-9-6-4-5-7-10(9)12-11;;/h4-7H,2-3,8H2,1H3;1H3;/q2*-1;. The van der Waals surface area contributed by atoms with E-state index in [1.54, 1.807) is 0 Å². The number of para-hydroxylation sites is 1. The molecule has 1 heterocycles. The Morgan fingerprint density at radius 3 is 2.67 bits per heavy atom. The number of rotatable bonds is 1. The molecule has 3 heteroatoms. The van der Waals surface area contributed by atoms with Crippen LogP contribution in [-0.2, 0) is 39.1 Å². The van der Waals surface area contributed by atoms with Crippen molar-refractivity contribution in [2.75, 3.05) is 6.54 Å².